The first-order valence-electron chi connectivity index (χ1n) is 5.80. The molecule has 4 nitrogen and oxygen atoms in total. The van der Waals surface area contributed by atoms with E-state index in [1.807, 2.05) is 12.1 Å². The van der Waals surface area contributed by atoms with Crippen LogP contribution in [0.1, 0.15) is 12.8 Å². The standard InChI is InChI=1S/C12H16ClNO3S/c13-10-1-3-11(4-2-10)14-12(9-15)5-7-18(16,17)8-6-12/h1-4,14-15H,5-9H2. The summed E-state index contributed by atoms with van der Waals surface area (Å²) in [5.74, 6) is 0.238. The van der Waals surface area contributed by atoms with Gasteiger partial charge in [-0.15, -0.1) is 0 Å². The Balaban J connectivity index is 2.12. The Hall–Kier alpha value is -0.780. The molecule has 2 N–H and O–H groups in total. The van der Waals surface area contributed by atoms with Gasteiger partial charge in [-0.05, 0) is 37.1 Å². The zero-order valence-corrected chi connectivity index (χ0v) is 11.5. The maximum atomic E-state index is 11.4. The predicted octanol–water partition coefficient (Wildman–Crippen LogP) is 1.69. The number of rotatable bonds is 3. The first-order valence-corrected chi connectivity index (χ1v) is 8.00. The van der Waals surface area contributed by atoms with Crippen molar-refractivity contribution < 1.29 is 13.5 Å². The number of anilines is 1. The average molecular weight is 290 g/mol. The normalized spacial score (nSPS) is 21.4. The number of benzene rings is 1. The Morgan fingerprint density at radius 1 is 1.22 bits per heavy atom. The van der Waals surface area contributed by atoms with Gasteiger partial charge in [0.2, 0.25) is 0 Å². The molecule has 0 unspecified atom stereocenters. The third-order valence-corrected chi connectivity index (χ3v) is 5.24. The summed E-state index contributed by atoms with van der Waals surface area (Å²) in [6.45, 7) is -0.0782. The molecule has 2 rings (SSSR count). The molecule has 0 saturated carbocycles. The van der Waals surface area contributed by atoms with Gasteiger partial charge < -0.3 is 10.4 Å². The largest absolute Gasteiger partial charge is 0.394 e. The van der Waals surface area contributed by atoms with Gasteiger partial charge in [0, 0.05) is 10.7 Å². The van der Waals surface area contributed by atoms with Crippen LogP contribution in [0.2, 0.25) is 5.02 Å². The third kappa shape index (κ3) is 3.16. The quantitative estimate of drug-likeness (QED) is 0.889. The van der Waals surface area contributed by atoms with Crippen LogP contribution in [0.25, 0.3) is 0 Å². The number of hydrogen-bond acceptors (Lipinski definition) is 4. The summed E-state index contributed by atoms with van der Waals surface area (Å²) in [7, 11) is -2.94. The van der Waals surface area contributed by atoms with E-state index in [-0.39, 0.29) is 18.1 Å². The lowest BCUT2D eigenvalue weighted by atomic mass is 9.93. The molecule has 0 spiro atoms. The van der Waals surface area contributed by atoms with Gasteiger partial charge >= 0.3 is 0 Å². The lowest BCUT2D eigenvalue weighted by Crippen LogP contribution is -2.48. The van der Waals surface area contributed by atoms with Crippen molar-refractivity contribution in [2.75, 3.05) is 23.4 Å². The molecular weight excluding hydrogens is 274 g/mol. The highest BCUT2D eigenvalue weighted by atomic mass is 35.5. The molecule has 0 amide bonds. The number of sulfone groups is 1. The van der Waals surface area contributed by atoms with Gasteiger partial charge in [0.25, 0.3) is 0 Å². The summed E-state index contributed by atoms with van der Waals surface area (Å²) in [4.78, 5) is 0. The van der Waals surface area contributed by atoms with Crippen LogP contribution < -0.4 is 5.32 Å². The second-order valence-corrected chi connectivity index (χ2v) is 7.46. The summed E-state index contributed by atoms with van der Waals surface area (Å²) >= 11 is 5.80. The summed E-state index contributed by atoms with van der Waals surface area (Å²) in [6.07, 6.45) is 0.850. The zero-order chi connectivity index (χ0) is 13.2. The van der Waals surface area contributed by atoms with Crippen molar-refractivity contribution >= 4 is 27.1 Å². The molecule has 1 aliphatic heterocycles. The Labute approximate surface area is 112 Å². The van der Waals surface area contributed by atoms with Gasteiger partial charge in [0.1, 0.15) is 0 Å². The van der Waals surface area contributed by atoms with Crippen LogP contribution >= 0.6 is 11.6 Å². The second-order valence-electron chi connectivity index (χ2n) is 4.72. The molecule has 0 atom stereocenters. The molecule has 18 heavy (non-hydrogen) atoms. The van der Waals surface area contributed by atoms with Gasteiger partial charge in [0.05, 0.1) is 23.7 Å². The van der Waals surface area contributed by atoms with Crippen molar-refractivity contribution in [2.45, 2.75) is 18.4 Å². The minimum atomic E-state index is -2.94. The van der Waals surface area contributed by atoms with Crippen LogP contribution in [0.5, 0.6) is 0 Å². The minimum Gasteiger partial charge on any atom is -0.394 e. The van der Waals surface area contributed by atoms with E-state index in [0.29, 0.717) is 17.9 Å². The number of halogens is 1. The Morgan fingerprint density at radius 2 is 1.78 bits per heavy atom. The molecule has 0 aromatic heterocycles. The molecule has 0 bridgehead atoms. The first kappa shape index (κ1) is 13.6. The van der Waals surface area contributed by atoms with Crippen LogP contribution in [0.15, 0.2) is 24.3 Å². The van der Waals surface area contributed by atoms with Gasteiger partial charge in [-0.1, -0.05) is 11.6 Å². The number of aliphatic hydroxyl groups excluding tert-OH is 1. The van der Waals surface area contributed by atoms with Crippen molar-refractivity contribution in [3.05, 3.63) is 29.3 Å². The van der Waals surface area contributed by atoms with E-state index in [4.69, 9.17) is 11.6 Å². The highest BCUT2D eigenvalue weighted by Crippen LogP contribution is 2.28. The topological polar surface area (TPSA) is 66.4 Å². The first-order chi connectivity index (χ1) is 8.45. The SMILES string of the molecule is O=S1(=O)CCC(CO)(Nc2ccc(Cl)cc2)CC1. The van der Waals surface area contributed by atoms with Gasteiger partial charge in [0.15, 0.2) is 9.84 Å². The maximum absolute atomic E-state index is 11.4. The highest BCUT2D eigenvalue weighted by Gasteiger charge is 2.36. The van der Waals surface area contributed by atoms with Gasteiger partial charge in [-0.2, -0.15) is 0 Å². The molecule has 1 aromatic carbocycles. The molecule has 0 aliphatic carbocycles. The monoisotopic (exact) mass is 289 g/mol. The molecule has 1 aliphatic rings. The van der Waals surface area contributed by atoms with Crippen molar-refractivity contribution in [3.8, 4) is 0 Å². The fraction of sp³-hybridized carbons (Fsp3) is 0.500. The second kappa shape index (κ2) is 5.07. The van der Waals surface area contributed by atoms with E-state index in [0.717, 1.165) is 5.69 Å². The summed E-state index contributed by atoms with van der Waals surface area (Å²) in [5.41, 5.74) is 0.298. The van der Waals surface area contributed by atoms with E-state index in [1.165, 1.54) is 0 Å². The molecule has 1 fully saturated rings. The number of aliphatic hydroxyl groups is 1. The number of nitrogens with one attached hydrogen (secondary N) is 1. The van der Waals surface area contributed by atoms with Crippen LogP contribution in [-0.2, 0) is 9.84 Å². The number of hydrogen-bond donors (Lipinski definition) is 2. The lowest BCUT2D eigenvalue weighted by Gasteiger charge is -2.37. The van der Waals surface area contributed by atoms with Gasteiger partial charge in [-0.3, -0.25) is 0 Å². The van der Waals surface area contributed by atoms with E-state index < -0.39 is 15.4 Å². The Bertz CT molecular complexity index is 499. The van der Waals surface area contributed by atoms with Crippen molar-refractivity contribution in [1.29, 1.82) is 0 Å². The summed E-state index contributed by atoms with van der Waals surface area (Å²) < 4.78 is 22.8. The molecule has 0 radical (unpaired) electrons. The molecule has 1 aromatic rings. The minimum absolute atomic E-state index is 0.0782. The summed E-state index contributed by atoms with van der Waals surface area (Å²) in [6, 6.07) is 7.16. The van der Waals surface area contributed by atoms with Crippen molar-refractivity contribution in [3.63, 3.8) is 0 Å². The smallest absolute Gasteiger partial charge is 0.150 e. The van der Waals surface area contributed by atoms with Gasteiger partial charge in [-0.25, -0.2) is 8.42 Å². The van der Waals surface area contributed by atoms with Crippen LogP contribution in [0, 0.1) is 0 Å². The van der Waals surface area contributed by atoms with Crippen molar-refractivity contribution in [1.82, 2.24) is 0 Å². The van der Waals surface area contributed by atoms with Crippen molar-refractivity contribution in [2.24, 2.45) is 0 Å². The van der Waals surface area contributed by atoms with Crippen LogP contribution in [0.3, 0.4) is 0 Å². The Kier molecular flexibility index (Phi) is 3.84. The van der Waals surface area contributed by atoms with E-state index in [9.17, 15) is 13.5 Å². The predicted molar refractivity (Wildman–Crippen MR) is 72.8 cm³/mol. The Morgan fingerprint density at radius 3 is 2.28 bits per heavy atom. The fourth-order valence-corrected chi connectivity index (χ4v) is 3.82. The zero-order valence-electron chi connectivity index (χ0n) is 9.89. The fourth-order valence-electron chi connectivity index (χ4n) is 2.09. The van der Waals surface area contributed by atoms with E-state index in [2.05, 4.69) is 5.32 Å². The van der Waals surface area contributed by atoms with E-state index >= 15 is 0 Å². The van der Waals surface area contributed by atoms with Crippen LogP contribution in [-0.4, -0.2) is 37.2 Å². The molecule has 1 saturated heterocycles. The lowest BCUT2D eigenvalue weighted by molar-refractivity contribution is 0.200. The molecule has 100 valence electrons. The molecular formula is C12H16ClNO3S. The third-order valence-electron chi connectivity index (χ3n) is 3.34. The molecule has 6 heteroatoms. The molecule has 1 heterocycles. The van der Waals surface area contributed by atoms with Crippen LogP contribution in [0.4, 0.5) is 5.69 Å². The highest BCUT2D eigenvalue weighted by molar-refractivity contribution is 7.91. The summed E-state index contributed by atoms with van der Waals surface area (Å²) in [5, 5.41) is 13.4. The average Bonchev–Trinajstić information content (AvgIpc) is 2.35. The maximum Gasteiger partial charge on any atom is 0.150 e. The van der Waals surface area contributed by atoms with E-state index in [1.54, 1.807) is 12.1 Å².